The fourth-order valence-electron chi connectivity index (χ4n) is 3.03. The normalized spacial score (nSPS) is 13.8. The molecule has 19 heteroatoms. The second kappa shape index (κ2) is 16.5. The maximum absolute atomic E-state index is 11.5. The zero-order valence-electron chi connectivity index (χ0n) is 20.3. The van der Waals surface area contributed by atoms with Gasteiger partial charge in [-0.2, -0.15) is 0 Å². The van der Waals surface area contributed by atoms with E-state index in [0.717, 1.165) is 6.42 Å². The van der Waals surface area contributed by atoms with Gasteiger partial charge in [-0.3, -0.25) is 32.6 Å². The molecule has 0 saturated carbocycles. The first-order valence-electron chi connectivity index (χ1n) is 10.6. The van der Waals surface area contributed by atoms with Crippen LogP contribution in [0, 0.1) is 25.9 Å². The van der Waals surface area contributed by atoms with Crippen molar-refractivity contribution in [3.05, 3.63) is 55.3 Å². The summed E-state index contributed by atoms with van der Waals surface area (Å²) in [6.07, 6.45) is 1.35. The Balaban J connectivity index is 0.000000371. The fraction of sp³-hybridized carbons (Fsp3) is 0.300. The van der Waals surface area contributed by atoms with E-state index < -0.39 is 30.0 Å². The standard InChI is InChI=1S/C10H13N5O4.C10H13N5O3.2Y/c11-10-13-8-7(9(19)14-10)12-4-15(8)3-6(18)5(17)1-2-16;11-9-8-10(13-4-12-9)15(5-14-8)3-7(18)6(17)1-2-16;;/h1,3-6,16-18H,2H2,(H3,11,13,14,19);1,3-7,16-18H,2H2,(H2,11,12,13);;/q2*-2;;/t5-,6+;6-,7+;;/m11../s1. The van der Waals surface area contributed by atoms with Crippen molar-refractivity contribution in [3.63, 3.8) is 0 Å². The van der Waals surface area contributed by atoms with Gasteiger partial charge >= 0.3 is 0 Å². The summed E-state index contributed by atoms with van der Waals surface area (Å²) in [4.78, 5) is 33.3. The Kier molecular flexibility index (Phi) is 14.9. The van der Waals surface area contributed by atoms with E-state index in [2.05, 4.69) is 29.9 Å². The van der Waals surface area contributed by atoms with Crippen LogP contribution in [0.25, 0.3) is 22.3 Å². The molecule has 4 aromatic rings. The molecule has 4 rings (SSSR count). The fourth-order valence-corrected chi connectivity index (χ4v) is 3.03. The number of nitrogens with two attached hydrogens (primary N) is 2. The second-order valence-corrected chi connectivity index (χ2v) is 7.46. The first kappa shape index (κ1) is 35.2. The molecule has 17 nitrogen and oxygen atoms in total. The molecule has 0 unspecified atom stereocenters. The van der Waals surface area contributed by atoms with Gasteiger partial charge in [-0.15, -0.1) is 0 Å². The number of fused-ring (bicyclic) bond motifs is 2. The van der Waals surface area contributed by atoms with E-state index in [-0.39, 0.29) is 102 Å². The number of rotatable bonds is 10. The average Bonchev–Trinajstić information content (AvgIpc) is 3.45. The largest absolute Gasteiger partial charge is 0.451 e. The van der Waals surface area contributed by atoms with Crippen molar-refractivity contribution < 1.29 is 96.1 Å². The third kappa shape index (κ3) is 9.11. The first-order chi connectivity index (χ1) is 17.7. The number of hydrogen-bond donors (Lipinski definition) is 9. The van der Waals surface area contributed by atoms with Crippen molar-refractivity contribution in [2.75, 3.05) is 24.7 Å². The quantitative estimate of drug-likeness (QED) is 0.0715. The molecule has 0 aliphatic rings. The minimum Gasteiger partial charge on any atom is -0.451 e. The summed E-state index contributed by atoms with van der Waals surface area (Å²) in [6.45, 7) is 1.82. The summed E-state index contributed by atoms with van der Waals surface area (Å²) < 4.78 is 2.71. The van der Waals surface area contributed by atoms with Crippen LogP contribution in [0.15, 0.2) is 23.8 Å². The number of imidazole rings is 2. The summed E-state index contributed by atoms with van der Waals surface area (Å²) in [5.74, 6) is 0.161. The van der Waals surface area contributed by atoms with Gasteiger partial charge in [0.25, 0.3) is 5.56 Å². The van der Waals surface area contributed by atoms with Crippen LogP contribution < -0.4 is 17.0 Å². The van der Waals surface area contributed by atoms with E-state index in [1.807, 2.05) is 0 Å². The van der Waals surface area contributed by atoms with Crippen molar-refractivity contribution in [1.29, 1.82) is 0 Å². The van der Waals surface area contributed by atoms with Crippen LogP contribution in [-0.2, 0) is 65.4 Å². The molecule has 0 amide bonds. The zero-order valence-corrected chi connectivity index (χ0v) is 26.0. The molecule has 0 aromatic carbocycles. The number of anilines is 2. The number of aromatic amines is 1. The van der Waals surface area contributed by atoms with Gasteiger partial charge < -0.3 is 61.2 Å². The van der Waals surface area contributed by atoms with E-state index in [4.69, 9.17) is 21.7 Å². The van der Waals surface area contributed by atoms with Gasteiger partial charge in [0.1, 0.15) is 17.7 Å². The minimum absolute atomic E-state index is 0. The Labute approximate surface area is 271 Å². The number of nitrogens with zero attached hydrogens (tertiary/aromatic N) is 7. The van der Waals surface area contributed by atoms with Crippen LogP contribution in [-0.4, -0.2) is 107 Å². The zero-order chi connectivity index (χ0) is 27.1. The molecule has 208 valence electrons. The molecule has 4 atom stereocenters. The van der Waals surface area contributed by atoms with E-state index in [1.54, 1.807) is 0 Å². The monoisotopic (exact) mass is 696 g/mol. The van der Waals surface area contributed by atoms with Crippen LogP contribution >= 0.6 is 0 Å². The smallest absolute Gasteiger partial charge is 0.266 e. The summed E-state index contributed by atoms with van der Waals surface area (Å²) in [6, 6.07) is 0. The Morgan fingerprint density at radius 1 is 0.795 bits per heavy atom. The average molecular weight is 696 g/mol. The number of nitrogens with one attached hydrogen (secondary N) is 1. The molecule has 0 spiro atoms. The summed E-state index contributed by atoms with van der Waals surface area (Å²) in [5, 5.41) is 55.5. The molecule has 0 saturated heterocycles. The Hall–Kier alpha value is -1.79. The topological polar surface area (TPSA) is 281 Å². The molecular formula is C20H26N10O7Y2-4. The van der Waals surface area contributed by atoms with Crippen LogP contribution in [0.5, 0.6) is 0 Å². The first-order valence-corrected chi connectivity index (χ1v) is 10.6. The van der Waals surface area contributed by atoms with Crippen molar-refractivity contribution >= 4 is 34.1 Å². The molecular weight excluding hydrogens is 670 g/mol. The van der Waals surface area contributed by atoms with Gasteiger partial charge in [-0.25, -0.2) is 4.98 Å². The second-order valence-electron chi connectivity index (χ2n) is 7.46. The van der Waals surface area contributed by atoms with E-state index >= 15 is 0 Å². The van der Waals surface area contributed by atoms with Gasteiger partial charge in [-0.05, 0) is 24.9 Å². The van der Waals surface area contributed by atoms with E-state index in [9.17, 15) is 25.2 Å². The molecule has 4 aromatic heterocycles. The SMILES string of the molecule is Nc1nc2c(ncn2[CH-][C@H](O)[C@H](O)[CH-]CO)c(=O)[nH]1.Nc1ncnc2c1ncn2[CH-][C@H](O)[C@H](O)[CH-]CO.[Y].[Y]. The van der Waals surface area contributed by atoms with Crippen LogP contribution in [0.2, 0.25) is 0 Å². The number of hydrogen-bond acceptors (Lipinski definition) is 14. The molecule has 39 heavy (non-hydrogen) atoms. The Bertz CT molecular complexity index is 1370. The molecule has 2 radical (unpaired) electrons. The molecule has 11 N–H and O–H groups in total. The number of H-pyrrole nitrogens is 1. The van der Waals surface area contributed by atoms with Gasteiger partial charge in [0.2, 0.25) is 0 Å². The minimum atomic E-state index is -1.29. The maximum atomic E-state index is 11.5. The number of aliphatic hydroxyl groups is 6. The van der Waals surface area contributed by atoms with Crippen LogP contribution in [0.3, 0.4) is 0 Å². The summed E-state index contributed by atoms with van der Waals surface area (Å²) in [7, 11) is 0. The van der Waals surface area contributed by atoms with Crippen molar-refractivity contribution in [2.24, 2.45) is 0 Å². The van der Waals surface area contributed by atoms with E-state index in [1.165, 1.54) is 47.6 Å². The predicted octanol–water partition coefficient (Wildman–Crippen LogP) is -4.04. The van der Waals surface area contributed by atoms with Crippen LogP contribution in [0.4, 0.5) is 11.8 Å². The van der Waals surface area contributed by atoms with Gasteiger partial charge in [0.05, 0.1) is 16.8 Å². The van der Waals surface area contributed by atoms with Crippen molar-refractivity contribution in [1.82, 2.24) is 39.0 Å². The van der Waals surface area contributed by atoms with Crippen molar-refractivity contribution in [2.45, 2.75) is 24.4 Å². The Morgan fingerprint density at radius 3 is 1.85 bits per heavy atom. The Morgan fingerprint density at radius 2 is 1.31 bits per heavy atom. The maximum Gasteiger partial charge on any atom is 0.266 e. The van der Waals surface area contributed by atoms with Crippen molar-refractivity contribution in [3.8, 4) is 0 Å². The van der Waals surface area contributed by atoms with E-state index in [0.29, 0.717) is 11.2 Å². The van der Waals surface area contributed by atoms with Gasteiger partial charge in [-0.1, -0.05) is 26.3 Å². The van der Waals surface area contributed by atoms with Crippen LogP contribution in [0.1, 0.15) is 0 Å². The van der Waals surface area contributed by atoms with Gasteiger partial charge in [0.15, 0.2) is 5.95 Å². The number of nitrogen functional groups attached to an aromatic ring is 2. The molecule has 0 aliphatic heterocycles. The molecule has 0 aliphatic carbocycles. The third-order valence-electron chi connectivity index (χ3n) is 4.86. The summed E-state index contributed by atoms with van der Waals surface area (Å²) >= 11 is 0. The molecule has 0 fully saturated rings. The predicted molar refractivity (Wildman–Crippen MR) is 128 cm³/mol. The summed E-state index contributed by atoms with van der Waals surface area (Å²) in [5.41, 5.74) is 11.6. The third-order valence-corrected chi connectivity index (χ3v) is 4.86. The number of aliphatic hydroxyl groups excluding tert-OH is 6. The molecule has 4 heterocycles. The number of aromatic nitrogens is 8. The van der Waals surface area contributed by atoms with Gasteiger partial charge in [0, 0.05) is 77.6 Å². The molecule has 0 bridgehead atoms.